The molecule has 0 bridgehead atoms. The second-order valence-corrected chi connectivity index (χ2v) is 4.15. The van der Waals surface area contributed by atoms with E-state index in [1.165, 1.54) is 6.07 Å². The first-order chi connectivity index (χ1) is 7.77. The van der Waals surface area contributed by atoms with Gasteiger partial charge < -0.3 is 5.32 Å². The lowest BCUT2D eigenvalue weighted by Crippen LogP contribution is -2.11. The summed E-state index contributed by atoms with van der Waals surface area (Å²) >= 11 is 3.30. The van der Waals surface area contributed by atoms with E-state index < -0.39 is 0 Å². The van der Waals surface area contributed by atoms with E-state index in [1.54, 1.807) is 23.0 Å². The van der Waals surface area contributed by atoms with Crippen molar-refractivity contribution in [3.63, 3.8) is 0 Å². The summed E-state index contributed by atoms with van der Waals surface area (Å²) in [6.07, 6.45) is 3.59. The van der Waals surface area contributed by atoms with Crippen LogP contribution in [0.25, 0.3) is 0 Å². The van der Waals surface area contributed by atoms with Gasteiger partial charge in [0.05, 0.1) is 12.2 Å². The standard InChI is InChI=1S/C11H11BrFN3/c12-9-3-1-4-10(13)11(9)14-6-8-16-7-2-5-15-16/h1-5,7,14H,6,8H2. The largest absolute Gasteiger partial charge is 0.380 e. The fraction of sp³-hybridized carbons (Fsp3) is 0.182. The molecule has 2 rings (SSSR count). The zero-order chi connectivity index (χ0) is 11.4. The first-order valence-electron chi connectivity index (χ1n) is 4.92. The molecule has 0 aliphatic heterocycles. The highest BCUT2D eigenvalue weighted by atomic mass is 79.9. The number of halogens is 2. The predicted molar refractivity (Wildman–Crippen MR) is 64.8 cm³/mol. The minimum absolute atomic E-state index is 0.255. The maximum absolute atomic E-state index is 13.4. The molecule has 0 aliphatic rings. The van der Waals surface area contributed by atoms with Crippen LogP contribution in [0.15, 0.2) is 41.1 Å². The van der Waals surface area contributed by atoms with E-state index in [4.69, 9.17) is 0 Å². The molecule has 0 unspecified atom stereocenters. The first kappa shape index (κ1) is 11.1. The van der Waals surface area contributed by atoms with Crippen LogP contribution in [0.1, 0.15) is 0 Å². The van der Waals surface area contributed by atoms with E-state index in [0.717, 1.165) is 4.47 Å². The number of hydrogen-bond acceptors (Lipinski definition) is 2. The molecule has 2 aromatic rings. The van der Waals surface area contributed by atoms with Crippen LogP contribution < -0.4 is 5.32 Å². The summed E-state index contributed by atoms with van der Waals surface area (Å²) in [6.45, 7) is 1.33. The van der Waals surface area contributed by atoms with Crippen molar-refractivity contribution < 1.29 is 4.39 Å². The number of para-hydroxylation sites is 1. The third-order valence-electron chi connectivity index (χ3n) is 2.16. The van der Waals surface area contributed by atoms with Gasteiger partial charge in [-0.1, -0.05) is 6.07 Å². The Balaban J connectivity index is 1.95. The van der Waals surface area contributed by atoms with Crippen LogP contribution in [0, 0.1) is 5.82 Å². The van der Waals surface area contributed by atoms with Crippen LogP contribution in [-0.4, -0.2) is 16.3 Å². The molecular formula is C11H11BrFN3. The number of aromatic nitrogens is 2. The van der Waals surface area contributed by atoms with Crippen molar-refractivity contribution in [2.75, 3.05) is 11.9 Å². The van der Waals surface area contributed by atoms with E-state index in [0.29, 0.717) is 18.8 Å². The van der Waals surface area contributed by atoms with Crippen LogP contribution in [0.3, 0.4) is 0 Å². The summed E-state index contributed by atoms with van der Waals surface area (Å²) < 4.78 is 15.9. The maximum atomic E-state index is 13.4. The van der Waals surface area contributed by atoms with Gasteiger partial charge in [-0.2, -0.15) is 5.10 Å². The summed E-state index contributed by atoms with van der Waals surface area (Å²) in [5, 5.41) is 7.10. The first-order valence-corrected chi connectivity index (χ1v) is 5.72. The molecule has 84 valence electrons. The molecule has 5 heteroatoms. The number of anilines is 1. The molecule has 0 spiro atoms. The van der Waals surface area contributed by atoms with Gasteiger partial charge in [0.15, 0.2) is 0 Å². The van der Waals surface area contributed by atoms with Crippen molar-refractivity contribution in [1.29, 1.82) is 0 Å². The lowest BCUT2D eigenvalue weighted by atomic mass is 10.3. The van der Waals surface area contributed by atoms with Crippen molar-refractivity contribution in [2.45, 2.75) is 6.54 Å². The quantitative estimate of drug-likeness (QED) is 0.935. The Morgan fingerprint density at radius 2 is 2.25 bits per heavy atom. The summed E-state index contributed by atoms with van der Waals surface area (Å²) in [5.41, 5.74) is 0.495. The minimum atomic E-state index is -0.255. The van der Waals surface area contributed by atoms with Gasteiger partial charge >= 0.3 is 0 Å². The average Bonchev–Trinajstić information content (AvgIpc) is 2.75. The monoisotopic (exact) mass is 283 g/mol. The van der Waals surface area contributed by atoms with Crippen LogP contribution >= 0.6 is 15.9 Å². The van der Waals surface area contributed by atoms with E-state index in [2.05, 4.69) is 26.3 Å². The Bertz CT molecular complexity index is 436. The fourth-order valence-corrected chi connectivity index (χ4v) is 1.88. The Labute approximate surface area is 101 Å². The molecule has 0 saturated heterocycles. The Morgan fingerprint density at radius 1 is 1.38 bits per heavy atom. The fourth-order valence-electron chi connectivity index (χ4n) is 1.39. The van der Waals surface area contributed by atoms with E-state index >= 15 is 0 Å². The predicted octanol–water partition coefficient (Wildman–Crippen LogP) is 2.90. The van der Waals surface area contributed by atoms with E-state index in [1.807, 2.05) is 12.3 Å². The third-order valence-corrected chi connectivity index (χ3v) is 2.83. The molecule has 0 saturated carbocycles. The molecule has 1 N–H and O–H groups in total. The van der Waals surface area contributed by atoms with Gasteiger partial charge in [-0.05, 0) is 34.1 Å². The molecule has 0 amide bonds. The molecule has 0 fully saturated rings. The average molecular weight is 284 g/mol. The van der Waals surface area contributed by atoms with Crippen molar-refractivity contribution in [2.24, 2.45) is 0 Å². The molecule has 0 aliphatic carbocycles. The number of nitrogens with zero attached hydrogens (tertiary/aromatic N) is 2. The van der Waals surface area contributed by atoms with Gasteiger partial charge in [0.1, 0.15) is 5.82 Å². The smallest absolute Gasteiger partial charge is 0.147 e. The van der Waals surface area contributed by atoms with Gasteiger partial charge in [-0.25, -0.2) is 4.39 Å². The molecule has 16 heavy (non-hydrogen) atoms. The van der Waals surface area contributed by atoms with Crippen molar-refractivity contribution in [3.8, 4) is 0 Å². The molecule has 0 radical (unpaired) electrons. The number of hydrogen-bond donors (Lipinski definition) is 1. The molecule has 3 nitrogen and oxygen atoms in total. The second kappa shape index (κ2) is 5.12. The molecule has 1 heterocycles. The lowest BCUT2D eigenvalue weighted by molar-refractivity contribution is 0.617. The normalized spacial score (nSPS) is 10.4. The highest BCUT2D eigenvalue weighted by Gasteiger charge is 2.04. The number of nitrogens with one attached hydrogen (secondary N) is 1. The van der Waals surface area contributed by atoms with E-state index in [-0.39, 0.29) is 5.82 Å². The van der Waals surface area contributed by atoms with Gasteiger partial charge in [-0.15, -0.1) is 0 Å². The second-order valence-electron chi connectivity index (χ2n) is 3.29. The van der Waals surface area contributed by atoms with E-state index in [9.17, 15) is 4.39 Å². The summed E-state index contributed by atoms with van der Waals surface area (Å²) in [6, 6.07) is 6.76. The molecule has 0 atom stereocenters. The Hall–Kier alpha value is -1.36. The SMILES string of the molecule is Fc1cccc(Br)c1NCCn1cccn1. The van der Waals surface area contributed by atoms with Gasteiger partial charge in [0.2, 0.25) is 0 Å². The van der Waals surface area contributed by atoms with Crippen LogP contribution in [0.2, 0.25) is 0 Å². The highest BCUT2D eigenvalue weighted by Crippen LogP contribution is 2.24. The third kappa shape index (κ3) is 2.61. The number of rotatable bonds is 4. The van der Waals surface area contributed by atoms with Crippen LogP contribution in [0.4, 0.5) is 10.1 Å². The Morgan fingerprint density at radius 3 is 2.94 bits per heavy atom. The van der Waals surface area contributed by atoms with Gasteiger partial charge in [-0.3, -0.25) is 4.68 Å². The summed E-state index contributed by atoms with van der Waals surface area (Å²) in [5.74, 6) is -0.255. The molecule has 1 aromatic heterocycles. The van der Waals surface area contributed by atoms with Crippen LogP contribution in [0.5, 0.6) is 0 Å². The zero-order valence-corrected chi connectivity index (χ0v) is 10.1. The van der Waals surface area contributed by atoms with Crippen LogP contribution in [-0.2, 0) is 6.54 Å². The minimum Gasteiger partial charge on any atom is -0.380 e. The van der Waals surface area contributed by atoms with Crippen molar-refractivity contribution in [3.05, 3.63) is 46.9 Å². The Kier molecular flexibility index (Phi) is 3.56. The topological polar surface area (TPSA) is 29.9 Å². The highest BCUT2D eigenvalue weighted by molar-refractivity contribution is 9.10. The maximum Gasteiger partial charge on any atom is 0.147 e. The van der Waals surface area contributed by atoms with Crippen molar-refractivity contribution >= 4 is 21.6 Å². The lowest BCUT2D eigenvalue weighted by Gasteiger charge is -2.09. The van der Waals surface area contributed by atoms with Crippen molar-refractivity contribution in [1.82, 2.24) is 9.78 Å². The van der Waals surface area contributed by atoms with Gasteiger partial charge in [0, 0.05) is 23.4 Å². The summed E-state index contributed by atoms with van der Waals surface area (Å²) in [4.78, 5) is 0. The summed E-state index contributed by atoms with van der Waals surface area (Å²) in [7, 11) is 0. The molecule has 1 aromatic carbocycles. The van der Waals surface area contributed by atoms with Gasteiger partial charge in [0.25, 0.3) is 0 Å². The number of benzene rings is 1. The zero-order valence-electron chi connectivity index (χ0n) is 8.53. The molecular weight excluding hydrogens is 273 g/mol.